The fraction of sp³-hybridized carbons (Fsp3) is 0.158. The first-order chi connectivity index (χ1) is 12.7. The fourth-order valence-corrected chi connectivity index (χ4v) is 3.69. The Balaban J connectivity index is 1.36. The van der Waals surface area contributed by atoms with Crippen LogP contribution in [0.25, 0.3) is 21.5 Å². The number of aromatic amines is 1. The van der Waals surface area contributed by atoms with Gasteiger partial charge < -0.3 is 9.73 Å². The van der Waals surface area contributed by atoms with E-state index in [0.717, 1.165) is 40.0 Å². The third kappa shape index (κ3) is 3.81. The van der Waals surface area contributed by atoms with Crippen LogP contribution in [-0.2, 0) is 6.42 Å². The minimum absolute atomic E-state index is 0.440. The molecule has 2 aromatic carbocycles. The van der Waals surface area contributed by atoms with E-state index in [9.17, 15) is 4.79 Å². The van der Waals surface area contributed by atoms with Gasteiger partial charge in [-0.25, -0.2) is 9.78 Å². The summed E-state index contributed by atoms with van der Waals surface area (Å²) in [6.45, 7) is 0.849. The molecule has 0 bridgehead atoms. The van der Waals surface area contributed by atoms with Crippen molar-refractivity contribution in [2.24, 2.45) is 0 Å². The van der Waals surface area contributed by atoms with Crippen LogP contribution >= 0.6 is 22.9 Å². The summed E-state index contributed by atoms with van der Waals surface area (Å²) in [7, 11) is 0. The number of halogens is 1. The molecule has 2 aromatic heterocycles. The smallest absolute Gasteiger partial charge is 0.408 e. The molecule has 7 heteroatoms. The lowest BCUT2D eigenvalue weighted by Crippen LogP contribution is -2.02. The zero-order valence-electron chi connectivity index (χ0n) is 13.8. The minimum atomic E-state index is -0.440. The molecule has 0 fully saturated rings. The first-order valence-corrected chi connectivity index (χ1v) is 9.44. The van der Waals surface area contributed by atoms with Crippen LogP contribution in [0.3, 0.4) is 0 Å². The first kappa shape index (κ1) is 16.9. The van der Waals surface area contributed by atoms with Gasteiger partial charge in [0.25, 0.3) is 0 Å². The minimum Gasteiger partial charge on any atom is -0.408 e. The molecule has 0 saturated heterocycles. The summed E-state index contributed by atoms with van der Waals surface area (Å²) in [6.07, 6.45) is 3.83. The SMILES string of the molecule is O=c1[nH]c2ccc(-c3cnc(NCCCc4ccc(Cl)cc4)s3)cc2o1. The Morgan fingerprint density at radius 3 is 2.88 bits per heavy atom. The Morgan fingerprint density at radius 2 is 2.04 bits per heavy atom. The highest BCUT2D eigenvalue weighted by Crippen LogP contribution is 2.30. The molecule has 26 heavy (non-hydrogen) atoms. The Bertz CT molecular complexity index is 1080. The fourth-order valence-electron chi connectivity index (χ4n) is 2.73. The molecule has 2 heterocycles. The summed E-state index contributed by atoms with van der Waals surface area (Å²) < 4.78 is 5.11. The molecule has 0 aliphatic carbocycles. The number of rotatable bonds is 6. The molecule has 5 nitrogen and oxygen atoms in total. The van der Waals surface area contributed by atoms with E-state index in [0.29, 0.717) is 11.1 Å². The van der Waals surface area contributed by atoms with E-state index in [2.05, 4.69) is 27.4 Å². The quantitative estimate of drug-likeness (QED) is 0.461. The van der Waals surface area contributed by atoms with Crippen molar-refractivity contribution in [3.05, 3.63) is 69.8 Å². The van der Waals surface area contributed by atoms with Crippen molar-refractivity contribution in [1.29, 1.82) is 0 Å². The average molecular weight is 386 g/mol. The predicted molar refractivity (Wildman–Crippen MR) is 106 cm³/mol. The number of nitrogens with one attached hydrogen (secondary N) is 2. The van der Waals surface area contributed by atoms with Crippen molar-refractivity contribution in [2.45, 2.75) is 12.8 Å². The van der Waals surface area contributed by atoms with Gasteiger partial charge in [0.2, 0.25) is 0 Å². The lowest BCUT2D eigenvalue weighted by molar-refractivity contribution is 0.555. The van der Waals surface area contributed by atoms with Crippen molar-refractivity contribution < 1.29 is 4.42 Å². The van der Waals surface area contributed by atoms with Crippen LogP contribution in [0.4, 0.5) is 5.13 Å². The van der Waals surface area contributed by atoms with E-state index >= 15 is 0 Å². The van der Waals surface area contributed by atoms with Gasteiger partial charge in [-0.1, -0.05) is 41.1 Å². The number of oxazole rings is 1. The molecule has 0 amide bonds. The summed E-state index contributed by atoms with van der Waals surface area (Å²) >= 11 is 7.48. The second-order valence-corrected chi connectivity index (χ2v) is 7.38. The Labute approximate surface area is 158 Å². The number of aryl methyl sites for hydroxylation is 1. The number of fused-ring (bicyclic) bond motifs is 1. The summed E-state index contributed by atoms with van der Waals surface area (Å²) in [5, 5.41) is 5.00. The predicted octanol–water partition coefficient (Wildman–Crippen LogP) is 4.94. The average Bonchev–Trinajstić information content (AvgIpc) is 3.25. The van der Waals surface area contributed by atoms with Crippen molar-refractivity contribution in [3.63, 3.8) is 0 Å². The van der Waals surface area contributed by atoms with E-state index in [-0.39, 0.29) is 0 Å². The van der Waals surface area contributed by atoms with Crippen LogP contribution in [0, 0.1) is 0 Å². The van der Waals surface area contributed by atoms with E-state index in [4.69, 9.17) is 16.0 Å². The Kier molecular flexibility index (Phi) is 4.77. The molecule has 132 valence electrons. The zero-order valence-corrected chi connectivity index (χ0v) is 15.4. The topological polar surface area (TPSA) is 70.9 Å². The largest absolute Gasteiger partial charge is 0.417 e. The number of anilines is 1. The van der Waals surface area contributed by atoms with Crippen molar-refractivity contribution in [1.82, 2.24) is 9.97 Å². The highest BCUT2D eigenvalue weighted by Gasteiger charge is 2.07. The van der Waals surface area contributed by atoms with Crippen molar-refractivity contribution in [2.75, 3.05) is 11.9 Å². The first-order valence-electron chi connectivity index (χ1n) is 8.25. The van der Waals surface area contributed by atoms with Gasteiger partial charge >= 0.3 is 5.76 Å². The van der Waals surface area contributed by atoms with Gasteiger partial charge in [-0.05, 0) is 48.2 Å². The number of benzene rings is 2. The molecule has 4 aromatic rings. The Hall–Kier alpha value is -2.57. The number of hydrogen-bond acceptors (Lipinski definition) is 5. The summed E-state index contributed by atoms with van der Waals surface area (Å²) in [5.74, 6) is -0.440. The normalized spacial score (nSPS) is 11.1. The lowest BCUT2D eigenvalue weighted by atomic mass is 10.1. The van der Waals surface area contributed by atoms with Crippen LogP contribution in [-0.4, -0.2) is 16.5 Å². The van der Waals surface area contributed by atoms with Crippen LogP contribution < -0.4 is 11.1 Å². The second-order valence-electron chi connectivity index (χ2n) is 5.91. The van der Waals surface area contributed by atoms with Crippen LogP contribution in [0.5, 0.6) is 0 Å². The molecule has 0 atom stereocenters. The lowest BCUT2D eigenvalue weighted by Gasteiger charge is -2.03. The van der Waals surface area contributed by atoms with Gasteiger partial charge in [0.15, 0.2) is 10.7 Å². The monoisotopic (exact) mass is 385 g/mol. The van der Waals surface area contributed by atoms with E-state index in [1.165, 1.54) is 5.56 Å². The molecular formula is C19H16ClN3O2S. The molecular weight excluding hydrogens is 370 g/mol. The van der Waals surface area contributed by atoms with E-state index < -0.39 is 5.76 Å². The Morgan fingerprint density at radius 1 is 1.19 bits per heavy atom. The summed E-state index contributed by atoms with van der Waals surface area (Å²) in [4.78, 5) is 19.3. The van der Waals surface area contributed by atoms with Gasteiger partial charge in [0.05, 0.1) is 10.4 Å². The highest BCUT2D eigenvalue weighted by molar-refractivity contribution is 7.18. The number of thiazole rings is 1. The molecule has 0 saturated carbocycles. The summed E-state index contributed by atoms with van der Waals surface area (Å²) in [6, 6.07) is 13.6. The van der Waals surface area contributed by atoms with Crippen LogP contribution in [0.1, 0.15) is 12.0 Å². The van der Waals surface area contributed by atoms with Gasteiger partial charge in [-0.2, -0.15) is 0 Å². The molecule has 0 spiro atoms. The zero-order chi connectivity index (χ0) is 17.9. The van der Waals surface area contributed by atoms with E-state index in [1.807, 2.05) is 36.5 Å². The number of hydrogen-bond donors (Lipinski definition) is 2. The van der Waals surface area contributed by atoms with E-state index in [1.54, 1.807) is 11.3 Å². The van der Waals surface area contributed by atoms with Crippen LogP contribution in [0.2, 0.25) is 5.02 Å². The molecule has 2 N–H and O–H groups in total. The molecule has 0 aliphatic heterocycles. The van der Waals surface area contributed by atoms with Crippen molar-refractivity contribution >= 4 is 39.2 Å². The number of aromatic nitrogens is 2. The maximum Gasteiger partial charge on any atom is 0.417 e. The molecule has 0 unspecified atom stereocenters. The van der Waals surface area contributed by atoms with Gasteiger partial charge in [-0.15, -0.1) is 0 Å². The maximum absolute atomic E-state index is 11.3. The number of nitrogens with zero attached hydrogens (tertiary/aromatic N) is 1. The van der Waals surface area contributed by atoms with Crippen molar-refractivity contribution in [3.8, 4) is 10.4 Å². The maximum atomic E-state index is 11.3. The molecule has 4 rings (SSSR count). The molecule has 0 radical (unpaired) electrons. The van der Waals surface area contributed by atoms with Gasteiger partial charge in [0.1, 0.15) is 0 Å². The summed E-state index contributed by atoms with van der Waals surface area (Å²) in [5.41, 5.74) is 3.51. The highest BCUT2D eigenvalue weighted by atomic mass is 35.5. The van der Waals surface area contributed by atoms with Gasteiger partial charge in [-0.3, -0.25) is 4.98 Å². The second kappa shape index (κ2) is 7.35. The standard InChI is InChI=1S/C19H16ClN3O2S/c20-14-6-3-12(4-7-14)2-1-9-21-18-22-11-17(26-18)13-5-8-15-16(10-13)25-19(24)23-15/h3-8,10-11H,1-2,9H2,(H,21,22)(H,23,24). The number of H-pyrrole nitrogens is 1. The third-order valence-electron chi connectivity index (χ3n) is 4.04. The van der Waals surface area contributed by atoms with Crippen LogP contribution in [0.15, 0.2) is 57.9 Å². The van der Waals surface area contributed by atoms with Gasteiger partial charge in [0, 0.05) is 17.8 Å². The molecule has 0 aliphatic rings. The third-order valence-corrected chi connectivity index (χ3v) is 5.30.